The summed E-state index contributed by atoms with van der Waals surface area (Å²) in [6.07, 6.45) is 2.18. The van der Waals surface area contributed by atoms with Crippen molar-refractivity contribution in [2.24, 2.45) is 0 Å². The zero-order chi connectivity index (χ0) is 11.8. The van der Waals surface area contributed by atoms with Crippen LogP contribution in [0.3, 0.4) is 0 Å². The zero-order valence-corrected chi connectivity index (χ0v) is 10.4. The highest BCUT2D eigenvalue weighted by molar-refractivity contribution is 6.07. The summed E-state index contributed by atoms with van der Waals surface area (Å²) < 4.78 is 0. The second kappa shape index (κ2) is 3.92. The molecule has 2 aromatic carbocycles. The SMILES string of the molecule is CCc1ccc2c(c1)[nH]c1cc(CC)ccc12. The molecule has 0 spiro atoms. The first-order valence-corrected chi connectivity index (χ1v) is 6.35. The zero-order valence-electron chi connectivity index (χ0n) is 10.4. The minimum absolute atomic E-state index is 1.09. The summed E-state index contributed by atoms with van der Waals surface area (Å²) in [5.74, 6) is 0. The van der Waals surface area contributed by atoms with Crippen LogP contribution in [-0.4, -0.2) is 4.98 Å². The molecule has 0 aliphatic heterocycles. The van der Waals surface area contributed by atoms with Crippen LogP contribution in [-0.2, 0) is 12.8 Å². The number of aryl methyl sites for hydroxylation is 2. The second-order valence-corrected chi connectivity index (χ2v) is 4.59. The van der Waals surface area contributed by atoms with Gasteiger partial charge < -0.3 is 4.98 Å². The van der Waals surface area contributed by atoms with E-state index < -0.39 is 0 Å². The van der Waals surface area contributed by atoms with Crippen molar-refractivity contribution in [3.63, 3.8) is 0 Å². The van der Waals surface area contributed by atoms with Crippen molar-refractivity contribution >= 4 is 21.8 Å². The first kappa shape index (κ1) is 10.4. The molecule has 0 saturated carbocycles. The summed E-state index contributed by atoms with van der Waals surface area (Å²) in [6.45, 7) is 4.39. The third-order valence-electron chi connectivity index (χ3n) is 3.54. The van der Waals surface area contributed by atoms with Crippen LogP contribution in [0, 0.1) is 0 Å². The Bertz CT molecular complexity index is 618. The van der Waals surface area contributed by atoms with Gasteiger partial charge >= 0.3 is 0 Å². The third-order valence-corrected chi connectivity index (χ3v) is 3.54. The fourth-order valence-electron chi connectivity index (χ4n) is 2.44. The van der Waals surface area contributed by atoms with E-state index in [4.69, 9.17) is 0 Å². The number of aromatic nitrogens is 1. The summed E-state index contributed by atoms with van der Waals surface area (Å²) in [5.41, 5.74) is 5.29. The Kier molecular flexibility index (Phi) is 2.40. The number of hydrogen-bond acceptors (Lipinski definition) is 0. The molecule has 1 N–H and O–H groups in total. The molecule has 0 atom stereocenters. The van der Waals surface area contributed by atoms with Crippen LogP contribution >= 0.6 is 0 Å². The van der Waals surface area contributed by atoms with Gasteiger partial charge in [0.25, 0.3) is 0 Å². The summed E-state index contributed by atoms with van der Waals surface area (Å²) >= 11 is 0. The highest BCUT2D eigenvalue weighted by Gasteiger charge is 2.04. The van der Waals surface area contributed by atoms with Crippen LogP contribution in [0.5, 0.6) is 0 Å². The monoisotopic (exact) mass is 223 g/mol. The maximum absolute atomic E-state index is 3.53. The lowest BCUT2D eigenvalue weighted by Gasteiger charge is -1.97. The lowest BCUT2D eigenvalue weighted by atomic mass is 10.1. The normalized spacial score (nSPS) is 11.4. The van der Waals surface area contributed by atoms with Gasteiger partial charge in [-0.15, -0.1) is 0 Å². The molecule has 0 aliphatic carbocycles. The quantitative estimate of drug-likeness (QED) is 0.660. The number of nitrogens with one attached hydrogen (secondary N) is 1. The number of hydrogen-bond donors (Lipinski definition) is 1. The van der Waals surface area contributed by atoms with Gasteiger partial charge in [-0.05, 0) is 36.1 Å². The van der Waals surface area contributed by atoms with Gasteiger partial charge in [0, 0.05) is 21.8 Å². The average Bonchev–Trinajstić information content (AvgIpc) is 2.74. The molecule has 1 heterocycles. The molecule has 3 aromatic rings. The molecule has 0 aliphatic rings. The lowest BCUT2D eigenvalue weighted by molar-refractivity contribution is 1.14. The molecular formula is C16H17N. The Balaban J connectivity index is 2.32. The van der Waals surface area contributed by atoms with E-state index in [0.29, 0.717) is 0 Å². The van der Waals surface area contributed by atoms with Gasteiger partial charge in [0.05, 0.1) is 0 Å². The van der Waals surface area contributed by atoms with Crippen molar-refractivity contribution in [3.8, 4) is 0 Å². The Morgan fingerprint density at radius 3 is 1.65 bits per heavy atom. The molecule has 1 aromatic heterocycles. The van der Waals surface area contributed by atoms with E-state index in [0.717, 1.165) is 12.8 Å². The van der Waals surface area contributed by atoms with Crippen molar-refractivity contribution in [2.75, 3.05) is 0 Å². The van der Waals surface area contributed by atoms with E-state index in [1.54, 1.807) is 0 Å². The Hall–Kier alpha value is -1.76. The molecular weight excluding hydrogens is 206 g/mol. The Morgan fingerprint density at radius 2 is 1.24 bits per heavy atom. The molecule has 0 unspecified atom stereocenters. The first-order chi connectivity index (χ1) is 8.31. The predicted octanol–water partition coefficient (Wildman–Crippen LogP) is 4.45. The van der Waals surface area contributed by atoms with Gasteiger partial charge in [-0.3, -0.25) is 0 Å². The molecule has 0 radical (unpaired) electrons. The Morgan fingerprint density at radius 1 is 0.765 bits per heavy atom. The number of H-pyrrole nitrogens is 1. The van der Waals surface area contributed by atoms with E-state index in [1.165, 1.54) is 32.9 Å². The molecule has 0 fully saturated rings. The standard InChI is InChI=1S/C16H17N/c1-3-11-5-7-13-14-8-6-12(4-2)10-16(14)17-15(13)9-11/h5-10,17H,3-4H2,1-2H3. The smallest absolute Gasteiger partial charge is 0.0467 e. The predicted molar refractivity (Wildman–Crippen MR) is 74.6 cm³/mol. The van der Waals surface area contributed by atoms with Crippen molar-refractivity contribution < 1.29 is 0 Å². The maximum Gasteiger partial charge on any atom is 0.0467 e. The van der Waals surface area contributed by atoms with Crippen LogP contribution < -0.4 is 0 Å². The highest BCUT2D eigenvalue weighted by Crippen LogP contribution is 2.27. The van der Waals surface area contributed by atoms with E-state index in [2.05, 4.69) is 55.2 Å². The fourth-order valence-corrected chi connectivity index (χ4v) is 2.44. The van der Waals surface area contributed by atoms with Crippen molar-refractivity contribution in [1.29, 1.82) is 0 Å². The molecule has 0 saturated heterocycles. The minimum Gasteiger partial charge on any atom is -0.354 e. The molecule has 1 nitrogen and oxygen atoms in total. The van der Waals surface area contributed by atoms with Gasteiger partial charge in [0.2, 0.25) is 0 Å². The highest BCUT2D eigenvalue weighted by atomic mass is 14.7. The van der Waals surface area contributed by atoms with Crippen LogP contribution in [0.15, 0.2) is 36.4 Å². The van der Waals surface area contributed by atoms with E-state index in [9.17, 15) is 0 Å². The van der Waals surface area contributed by atoms with Gasteiger partial charge in [-0.25, -0.2) is 0 Å². The molecule has 1 heteroatoms. The first-order valence-electron chi connectivity index (χ1n) is 6.35. The average molecular weight is 223 g/mol. The van der Waals surface area contributed by atoms with Crippen molar-refractivity contribution in [2.45, 2.75) is 26.7 Å². The van der Waals surface area contributed by atoms with Crippen LogP contribution in [0.25, 0.3) is 21.8 Å². The largest absolute Gasteiger partial charge is 0.354 e. The second-order valence-electron chi connectivity index (χ2n) is 4.59. The van der Waals surface area contributed by atoms with Crippen molar-refractivity contribution in [3.05, 3.63) is 47.5 Å². The molecule has 86 valence electrons. The van der Waals surface area contributed by atoms with Crippen LogP contribution in [0.2, 0.25) is 0 Å². The topological polar surface area (TPSA) is 15.8 Å². The summed E-state index contributed by atoms with van der Waals surface area (Å²) in [4.78, 5) is 3.53. The minimum atomic E-state index is 1.09. The number of rotatable bonds is 2. The Labute approximate surface area is 101 Å². The molecule has 3 rings (SSSR count). The molecule has 0 bridgehead atoms. The van der Waals surface area contributed by atoms with Crippen LogP contribution in [0.4, 0.5) is 0 Å². The van der Waals surface area contributed by atoms with Crippen LogP contribution in [0.1, 0.15) is 25.0 Å². The van der Waals surface area contributed by atoms with Gasteiger partial charge in [-0.2, -0.15) is 0 Å². The summed E-state index contributed by atoms with van der Waals surface area (Å²) in [5, 5.41) is 2.67. The van der Waals surface area contributed by atoms with E-state index >= 15 is 0 Å². The maximum atomic E-state index is 3.53. The van der Waals surface area contributed by atoms with Gasteiger partial charge in [0.1, 0.15) is 0 Å². The lowest BCUT2D eigenvalue weighted by Crippen LogP contribution is -1.78. The third kappa shape index (κ3) is 1.62. The van der Waals surface area contributed by atoms with Gasteiger partial charge in [-0.1, -0.05) is 38.1 Å². The summed E-state index contributed by atoms with van der Waals surface area (Å²) in [7, 11) is 0. The van der Waals surface area contributed by atoms with E-state index in [-0.39, 0.29) is 0 Å². The number of fused-ring (bicyclic) bond motifs is 3. The van der Waals surface area contributed by atoms with E-state index in [1.807, 2.05) is 0 Å². The number of benzene rings is 2. The van der Waals surface area contributed by atoms with Gasteiger partial charge in [0.15, 0.2) is 0 Å². The van der Waals surface area contributed by atoms with Crippen molar-refractivity contribution in [1.82, 2.24) is 4.98 Å². The number of aromatic amines is 1. The molecule has 0 amide bonds. The fraction of sp³-hybridized carbons (Fsp3) is 0.250. The summed E-state index contributed by atoms with van der Waals surface area (Å²) in [6, 6.07) is 13.5. The molecule has 17 heavy (non-hydrogen) atoms.